The van der Waals surface area contributed by atoms with Crippen LogP contribution in [0.4, 0.5) is 16.2 Å². The summed E-state index contributed by atoms with van der Waals surface area (Å²) in [6, 6.07) is 13.6. The number of nitrogens with one attached hydrogen (secondary N) is 2. The van der Waals surface area contributed by atoms with Gasteiger partial charge in [-0.2, -0.15) is 0 Å². The quantitative estimate of drug-likeness (QED) is 0.797. The molecule has 0 saturated carbocycles. The number of rotatable bonds is 6. The number of hydrogen-bond acceptors (Lipinski definition) is 4. The molecule has 0 spiro atoms. The lowest BCUT2D eigenvalue weighted by Crippen LogP contribution is -2.45. The van der Waals surface area contributed by atoms with Crippen molar-refractivity contribution in [1.29, 1.82) is 0 Å². The Morgan fingerprint density at radius 2 is 1.68 bits per heavy atom. The van der Waals surface area contributed by atoms with Crippen molar-refractivity contribution in [3.63, 3.8) is 0 Å². The van der Waals surface area contributed by atoms with E-state index in [0.29, 0.717) is 42.4 Å². The molecule has 1 heterocycles. The van der Waals surface area contributed by atoms with Gasteiger partial charge in [-0.1, -0.05) is 24.3 Å². The van der Waals surface area contributed by atoms with Crippen molar-refractivity contribution in [3.8, 4) is 11.5 Å². The van der Waals surface area contributed by atoms with Crippen LogP contribution in [-0.2, 0) is 4.79 Å². The van der Waals surface area contributed by atoms with Crippen molar-refractivity contribution in [1.82, 2.24) is 4.90 Å². The lowest BCUT2D eigenvalue weighted by Gasteiger charge is -2.25. The maximum Gasteiger partial charge on any atom is 0.322 e. The molecule has 7 nitrogen and oxygen atoms in total. The van der Waals surface area contributed by atoms with E-state index in [1.54, 1.807) is 36.3 Å². The van der Waals surface area contributed by atoms with Crippen LogP contribution in [0.25, 0.3) is 0 Å². The third kappa shape index (κ3) is 4.36. The highest BCUT2D eigenvalue weighted by atomic mass is 16.5. The van der Waals surface area contributed by atoms with Crippen LogP contribution in [0.1, 0.15) is 19.8 Å². The summed E-state index contributed by atoms with van der Waals surface area (Å²) in [6.07, 6.45) is 1.38. The molecule has 148 valence electrons. The molecule has 0 aromatic heterocycles. The first-order valence-electron chi connectivity index (χ1n) is 9.37. The number of anilines is 2. The number of nitrogens with zero attached hydrogens (tertiary/aromatic N) is 1. The second-order valence-electron chi connectivity index (χ2n) is 6.40. The van der Waals surface area contributed by atoms with Gasteiger partial charge in [0.05, 0.1) is 25.1 Å². The predicted octanol–water partition coefficient (Wildman–Crippen LogP) is 3.73. The van der Waals surface area contributed by atoms with Crippen molar-refractivity contribution in [2.24, 2.45) is 0 Å². The molecule has 1 fully saturated rings. The lowest BCUT2D eigenvalue weighted by atomic mass is 10.2. The molecule has 2 aromatic rings. The zero-order chi connectivity index (χ0) is 19.9. The van der Waals surface area contributed by atoms with E-state index in [4.69, 9.17) is 9.47 Å². The number of para-hydroxylation sites is 4. The topological polar surface area (TPSA) is 79.9 Å². The minimum atomic E-state index is -0.538. The molecule has 0 bridgehead atoms. The van der Waals surface area contributed by atoms with Crippen LogP contribution < -0.4 is 20.1 Å². The minimum absolute atomic E-state index is 0.222. The van der Waals surface area contributed by atoms with Crippen molar-refractivity contribution >= 4 is 23.3 Å². The van der Waals surface area contributed by atoms with Crippen LogP contribution in [-0.4, -0.2) is 43.1 Å². The van der Waals surface area contributed by atoms with Gasteiger partial charge >= 0.3 is 6.03 Å². The maximum atomic E-state index is 12.8. The van der Waals surface area contributed by atoms with E-state index in [2.05, 4.69) is 10.6 Å². The van der Waals surface area contributed by atoms with Gasteiger partial charge in [-0.05, 0) is 44.0 Å². The maximum absolute atomic E-state index is 12.8. The smallest absolute Gasteiger partial charge is 0.322 e. The zero-order valence-corrected chi connectivity index (χ0v) is 16.1. The molecule has 2 N–H and O–H groups in total. The van der Waals surface area contributed by atoms with E-state index in [1.165, 1.54) is 0 Å². The fourth-order valence-electron chi connectivity index (χ4n) is 3.28. The molecule has 1 saturated heterocycles. The number of likely N-dealkylation sites (tertiary alicyclic amines) is 1. The first-order valence-corrected chi connectivity index (χ1v) is 9.37. The standard InChI is InChI=1S/C21H25N3O4/c1-3-28-19-13-7-5-10-16(19)22-20(25)17-11-8-14-24(17)21(26)23-15-9-4-6-12-18(15)27-2/h4-7,9-10,12-13,17H,3,8,11,14H2,1-2H3,(H,22,25)(H,23,26)/t17-/m1/s1. The van der Waals surface area contributed by atoms with Gasteiger partial charge in [0.1, 0.15) is 17.5 Å². The summed E-state index contributed by atoms with van der Waals surface area (Å²) in [6.45, 7) is 2.91. The van der Waals surface area contributed by atoms with Crippen molar-refractivity contribution in [2.45, 2.75) is 25.8 Å². The summed E-state index contributed by atoms with van der Waals surface area (Å²) < 4.78 is 10.8. The second kappa shape index (κ2) is 9.12. The number of hydrogen-bond donors (Lipinski definition) is 2. The Morgan fingerprint density at radius 1 is 1.04 bits per heavy atom. The molecular weight excluding hydrogens is 358 g/mol. The number of benzene rings is 2. The Labute approximate surface area is 164 Å². The highest BCUT2D eigenvalue weighted by Gasteiger charge is 2.34. The molecule has 28 heavy (non-hydrogen) atoms. The molecule has 0 radical (unpaired) electrons. The zero-order valence-electron chi connectivity index (χ0n) is 16.1. The Kier molecular flexibility index (Phi) is 6.37. The third-order valence-corrected chi connectivity index (χ3v) is 4.61. The highest BCUT2D eigenvalue weighted by molar-refractivity contribution is 6.00. The Balaban J connectivity index is 1.70. The number of carbonyl (C=O) groups excluding carboxylic acids is 2. The van der Waals surface area contributed by atoms with E-state index in [-0.39, 0.29) is 11.9 Å². The van der Waals surface area contributed by atoms with Gasteiger partial charge < -0.3 is 25.0 Å². The fraction of sp³-hybridized carbons (Fsp3) is 0.333. The molecule has 0 aliphatic carbocycles. The van der Waals surface area contributed by atoms with Gasteiger partial charge in [0, 0.05) is 6.54 Å². The molecule has 0 unspecified atom stereocenters. The summed E-state index contributed by atoms with van der Waals surface area (Å²) in [7, 11) is 1.55. The van der Waals surface area contributed by atoms with Gasteiger partial charge in [-0.15, -0.1) is 0 Å². The third-order valence-electron chi connectivity index (χ3n) is 4.61. The first kappa shape index (κ1) is 19.5. The summed E-state index contributed by atoms with van der Waals surface area (Å²) in [5.74, 6) is 0.961. The molecule has 3 amide bonds. The average molecular weight is 383 g/mol. The van der Waals surface area contributed by atoms with Gasteiger partial charge in [-0.25, -0.2) is 4.79 Å². The Hall–Kier alpha value is -3.22. The van der Waals surface area contributed by atoms with E-state index in [0.717, 1.165) is 6.42 Å². The summed E-state index contributed by atoms with van der Waals surface area (Å²) in [5, 5.41) is 5.74. The molecular formula is C21H25N3O4. The normalized spacial score (nSPS) is 15.8. The van der Waals surface area contributed by atoms with Crippen LogP contribution in [0.15, 0.2) is 48.5 Å². The van der Waals surface area contributed by atoms with Crippen molar-refractivity contribution in [3.05, 3.63) is 48.5 Å². The minimum Gasteiger partial charge on any atom is -0.495 e. The van der Waals surface area contributed by atoms with E-state index in [9.17, 15) is 9.59 Å². The van der Waals surface area contributed by atoms with Crippen LogP contribution in [0.3, 0.4) is 0 Å². The van der Waals surface area contributed by atoms with Gasteiger partial charge in [-0.3, -0.25) is 4.79 Å². The van der Waals surface area contributed by atoms with Crippen molar-refractivity contribution < 1.29 is 19.1 Å². The highest BCUT2D eigenvalue weighted by Crippen LogP contribution is 2.27. The summed E-state index contributed by atoms with van der Waals surface area (Å²) in [4.78, 5) is 27.2. The molecule has 2 aromatic carbocycles. The lowest BCUT2D eigenvalue weighted by molar-refractivity contribution is -0.119. The summed E-state index contributed by atoms with van der Waals surface area (Å²) >= 11 is 0. The number of methoxy groups -OCH3 is 1. The fourth-order valence-corrected chi connectivity index (χ4v) is 3.28. The van der Waals surface area contributed by atoms with Gasteiger partial charge in [0.25, 0.3) is 0 Å². The van der Waals surface area contributed by atoms with Crippen LogP contribution >= 0.6 is 0 Å². The SMILES string of the molecule is CCOc1ccccc1NC(=O)[C@H]1CCCN1C(=O)Nc1ccccc1OC. The molecule has 1 atom stereocenters. The van der Waals surface area contributed by atoms with Crippen molar-refractivity contribution in [2.75, 3.05) is 30.9 Å². The average Bonchev–Trinajstić information content (AvgIpc) is 3.20. The molecule has 1 aliphatic heterocycles. The van der Waals surface area contributed by atoms with Gasteiger partial charge in [0.2, 0.25) is 5.91 Å². The van der Waals surface area contributed by atoms with Crippen LogP contribution in [0, 0.1) is 0 Å². The number of carbonyl (C=O) groups is 2. The molecule has 3 rings (SSSR count). The predicted molar refractivity (Wildman–Crippen MR) is 108 cm³/mol. The van der Waals surface area contributed by atoms with Crippen LogP contribution in [0.2, 0.25) is 0 Å². The summed E-state index contributed by atoms with van der Waals surface area (Å²) in [5.41, 5.74) is 1.18. The van der Waals surface area contributed by atoms with E-state index in [1.807, 2.05) is 31.2 Å². The number of urea groups is 1. The van der Waals surface area contributed by atoms with E-state index >= 15 is 0 Å². The number of ether oxygens (including phenoxy) is 2. The Bertz CT molecular complexity index is 840. The van der Waals surface area contributed by atoms with Gasteiger partial charge in [0.15, 0.2) is 0 Å². The van der Waals surface area contributed by atoms with Crippen LogP contribution in [0.5, 0.6) is 11.5 Å². The monoisotopic (exact) mass is 383 g/mol. The molecule has 7 heteroatoms. The van der Waals surface area contributed by atoms with E-state index < -0.39 is 6.04 Å². The Morgan fingerprint density at radius 3 is 2.36 bits per heavy atom. The largest absolute Gasteiger partial charge is 0.495 e. The second-order valence-corrected chi connectivity index (χ2v) is 6.40. The number of amides is 3. The molecule has 1 aliphatic rings. The first-order chi connectivity index (χ1) is 13.6.